The molecule has 0 atom stereocenters. The van der Waals surface area contributed by atoms with Crippen molar-refractivity contribution in [3.63, 3.8) is 0 Å². The molecule has 10 heteroatoms. The zero-order valence-corrected chi connectivity index (χ0v) is 17.3. The molecule has 1 aromatic heterocycles. The van der Waals surface area contributed by atoms with Crippen molar-refractivity contribution in [2.24, 2.45) is 7.05 Å². The fraction of sp³-hybridized carbons (Fsp3) is 0.158. The van der Waals surface area contributed by atoms with Crippen LogP contribution in [0.5, 0.6) is 5.75 Å². The summed E-state index contributed by atoms with van der Waals surface area (Å²) in [6.45, 7) is 0. The number of hydrazine groups is 1. The Morgan fingerprint density at radius 1 is 1.07 bits per heavy atom. The van der Waals surface area contributed by atoms with Crippen molar-refractivity contribution in [1.29, 1.82) is 0 Å². The molecule has 2 amide bonds. The van der Waals surface area contributed by atoms with Crippen LogP contribution >= 0.6 is 23.4 Å². The molecule has 1 heterocycles. The van der Waals surface area contributed by atoms with Gasteiger partial charge >= 0.3 is 0 Å². The minimum absolute atomic E-state index is 0.0650. The minimum Gasteiger partial charge on any atom is -0.497 e. The number of halogens is 1. The molecule has 0 aliphatic carbocycles. The van der Waals surface area contributed by atoms with Crippen molar-refractivity contribution in [2.75, 3.05) is 12.9 Å². The predicted octanol–water partition coefficient (Wildman–Crippen LogP) is 2.70. The highest BCUT2D eigenvalue weighted by Gasteiger charge is 2.14. The van der Waals surface area contributed by atoms with Gasteiger partial charge in [-0.15, -0.1) is 10.2 Å². The van der Waals surface area contributed by atoms with Crippen LogP contribution in [0.1, 0.15) is 10.4 Å². The van der Waals surface area contributed by atoms with Gasteiger partial charge in [0, 0.05) is 23.2 Å². The van der Waals surface area contributed by atoms with Crippen LogP contribution in [0.3, 0.4) is 0 Å². The molecule has 3 rings (SSSR count). The first-order valence-corrected chi connectivity index (χ1v) is 9.85. The van der Waals surface area contributed by atoms with Gasteiger partial charge in [0.25, 0.3) is 5.91 Å². The third-order valence-corrected chi connectivity index (χ3v) is 5.21. The van der Waals surface area contributed by atoms with Gasteiger partial charge in [0.1, 0.15) is 5.75 Å². The number of thioether (sulfide) groups is 1. The van der Waals surface area contributed by atoms with E-state index in [2.05, 4.69) is 21.0 Å². The molecule has 0 fully saturated rings. The number of nitrogens with one attached hydrogen (secondary N) is 2. The highest BCUT2D eigenvalue weighted by Crippen LogP contribution is 2.24. The number of rotatable bonds is 6. The lowest BCUT2D eigenvalue weighted by Crippen LogP contribution is -2.42. The monoisotopic (exact) mass is 431 g/mol. The maximum Gasteiger partial charge on any atom is 0.269 e. The number of carbonyl (C=O) groups is 2. The Morgan fingerprint density at radius 3 is 2.41 bits per heavy atom. The van der Waals surface area contributed by atoms with E-state index >= 15 is 0 Å². The van der Waals surface area contributed by atoms with E-state index in [9.17, 15) is 9.59 Å². The molecule has 2 N–H and O–H groups in total. The molecule has 2 aromatic carbocycles. The molecule has 29 heavy (non-hydrogen) atoms. The van der Waals surface area contributed by atoms with Crippen LogP contribution in [0, 0.1) is 0 Å². The smallest absolute Gasteiger partial charge is 0.269 e. The average molecular weight is 432 g/mol. The topological polar surface area (TPSA) is 98.1 Å². The van der Waals surface area contributed by atoms with Crippen molar-refractivity contribution in [3.8, 4) is 17.1 Å². The van der Waals surface area contributed by atoms with Crippen molar-refractivity contribution < 1.29 is 14.3 Å². The summed E-state index contributed by atoms with van der Waals surface area (Å²) < 4.78 is 6.95. The van der Waals surface area contributed by atoms with Crippen LogP contribution in [-0.2, 0) is 11.8 Å². The average Bonchev–Trinajstić information content (AvgIpc) is 3.11. The molecule has 0 saturated heterocycles. The SMILES string of the molecule is COc1ccc(-c2nnc(SCC(=O)NNC(=O)c3ccc(Cl)cc3)n2C)cc1. The van der Waals surface area contributed by atoms with Crippen LogP contribution in [0.15, 0.2) is 53.7 Å². The fourth-order valence-electron chi connectivity index (χ4n) is 2.40. The Balaban J connectivity index is 1.53. The number of hydrogen-bond acceptors (Lipinski definition) is 6. The zero-order valence-electron chi connectivity index (χ0n) is 15.7. The van der Waals surface area contributed by atoms with Crippen molar-refractivity contribution in [3.05, 3.63) is 59.1 Å². The van der Waals surface area contributed by atoms with Gasteiger partial charge in [-0.3, -0.25) is 20.4 Å². The maximum absolute atomic E-state index is 12.0. The largest absolute Gasteiger partial charge is 0.497 e. The highest BCUT2D eigenvalue weighted by atomic mass is 35.5. The number of hydrogen-bond donors (Lipinski definition) is 2. The summed E-state index contributed by atoms with van der Waals surface area (Å²) >= 11 is 7.00. The first kappa shape index (κ1) is 20.7. The van der Waals surface area contributed by atoms with Crippen LogP contribution in [0.4, 0.5) is 0 Å². The third-order valence-electron chi connectivity index (χ3n) is 3.94. The van der Waals surface area contributed by atoms with E-state index in [1.807, 2.05) is 31.3 Å². The van der Waals surface area contributed by atoms with Gasteiger partial charge in [0.15, 0.2) is 11.0 Å². The van der Waals surface area contributed by atoms with E-state index in [-0.39, 0.29) is 11.7 Å². The van der Waals surface area contributed by atoms with E-state index < -0.39 is 5.91 Å². The summed E-state index contributed by atoms with van der Waals surface area (Å²) in [5.74, 6) is 0.691. The normalized spacial score (nSPS) is 10.4. The molecule has 0 aliphatic rings. The van der Waals surface area contributed by atoms with Crippen LogP contribution in [-0.4, -0.2) is 39.4 Å². The number of carbonyl (C=O) groups excluding carboxylic acids is 2. The quantitative estimate of drug-likeness (QED) is 0.460. The predicted molar refractivity (Wildman–Crippen MR) is 111 cm³/mol. The lowest BCUT2D eigenvalue weighted by Gasteiger charge is -2.07. The number of methoxy groups -OCH3 is 1. The summed E-state index contributed by atoms with van der Waals surface area (Å²) in [4.78, 5) is 24.0. The van der Waals surface area contributed by atoms with Gasteiger partial charge in [-0.2, -0.15) is 0 Å². The Morgan fingerprint density at radius 2 is 1.76 bits per heavy atom. The number of nitrogens with zero attached hydrogens (tertiary/aromatic N) is 3. The van der Waals surface area contributed by atoms with E-state index in [0.717, 1.165) is 11.3 Å². The van der Waals surface area contributed by atoms with Crippen molar-refractivity contribution >= 4 is 35.2 Å². The zero-order chi connectivity index (χ0) is 20.8. The third kappa shape index (κ3) is 5.27. The second kappa shape index (κ2) is 9.44. The molecule has 3 aromatic rings. The Hall–Kier alpha value is -3.04. The Bertz CT molecular complexity index is 1010. The van der Waals surface area contributed by atoms with Crippen molar-refractivity contribution in [2.45, 2.75) is 5.16 Å². The van der Waals surface area contributed by atoms with Gasteiger partial charge in [0.05, 0.1) is 12.9 Å². The molecule has 150 valence electrons. The first-order chi connectivity index (χ1) is 14.0. The first-order valence-electron chi connectivity index (χ1n) is 8.49. The van der Waals surface area contributed by atoms with Crippen molar-refractivity contribution in [1.82, 2.24) is 25.6 Å². The van der Waals surface area contributed by atoms with E-state index in [0.29, 0.717) is 21.6 Å². The van der Waals surface area contributed by atoms with E-state index in [4.69, 9.17) is 16.3 Å². The molecule has 0 bridgehead atoms. The second-order valence-electron chi connectivity index (χ2n) is 5.89. The summed E-state index contributed by atoms with van der Waals surface area (Å²) in [7, 11) is 3.43. The molecule has 8 nitrogen and oxygen atoms in total. The van der Waals surface area contributed by atoms with Gasteiger partial charge in [-0.25, -0.2) is 0 Å². The lowest BCUT2D eigenvalue weighted by atomic mass is 10.2. The van der Waals surface area contributed by atoms with E-state index in [1.165, 1.54) is 11.8 Å². The molecule has 0 spiro atoms. The molecule has 0 saturated carbocycles. The van der Waals surface area contributed by atoms with Gasteiger partial charge < -0.3 is 9.30 Å². The number of amides is 2. The number of aromatic nitrogens is 3. The number of ether oxygens (including phenoxy) is 1. The molecule has 0 unspecified atom stereocenters. The molecular formula is C19H18ClN5O3S. The Labute approximate surface area is 176 Å². The standard InChI is InChI=1S/C19H18ClN5O3S/c1-25-17(12-5-9-15(28-2)10-6-12)22-24-19(25)29-11-16(26)21-23-18(27)13-3-7-14(20)8-4-13/h3-10H,11H2,1-2H3,(H,21,26)(H,23,27). The fourth-order valence-corrected chi connectivity index (χ4v) is 3.24. The lowest BCUT2D eigenvalue weighted by molar-refractivity contribution is -0.119. The molecule has 0 radical (unpaired) electrons. The second-order valence-corrected chi connectivity index (χ2v) is 7.27. The number of benzene rings is 2. The van der Waals surface area contributed by atoms with Gasteiger partial charge in [-0.05, 0) is 48.5 Å². The van der Waals surface area contributed by atoms with Gasteiger partial charge in [-0.1, -0.05) is 23.4 Å². The van der Waals surface area contributed by atoms with Crippen LogP contribution < -0.4 is 15.6 Å². The minimum atomic E-state index is -0.430. The highest BCUT2D eigenvalue weighted by molar-refractivity contribution is 7.99. The van der Waals surface area contributed by atoms with Gasteiger partial charge in [0.2, 0.25) is 5.91 Å². The molecular weight excluding hydrogens is 414 g/mol. The Kier molecular flexibility index (Phi) is 6.73. The molecule has 0 aliphatic heterocycles. The summed E-state index contributed by atoms with van der Waals surface area (Å²) in [5.41, 5.74) is 6.00. The summed E-state index contributed by atoms with van der Waals surface area (Å²) in [6.07, 6.45) is 0. The summed E-state index contributed by atoms with van der Waals surface area (Å²) in [6, 6.07) is 13.8. The van der Waals surface area contributed by atoms with E-state index in [1.54, 1.807) is 35.9 Å². The van der Waals surface area contributed by atoms with Crippen LogP contribution in [0.25, 0.3) is 11.4 Å². The maximum atomic E-state index is 12.0. The van der Waals surface area contributed by atoms with Crippen LogP contribution in [0.2, 0.25) is 5.02 Å². The summed E-state index contributed by atoms with van der Waals surface area (Å²) in [5, 5.41) is 9.41.